The lowest BCUT2D eigenvalue weighted by Crippen LogP contribution is -2.32. The van der Waals surface area contributed by atoms with Gasteiger partial charge in [0.05, 0.1) is 17.2 Å². The van der Waals surface area contributed by atoms with Gasteiger partial charge in [0.1, 0.15) is 0 Å². The van der Waals surface area contributed by atoms with Crippen LogP contribution in [0.4, 0.5) is 0 Å². The Balaban J connectivity index is 1.72. The molecule has 0 aliphatic rings. The molecule has 3 aromatic carbocycles. The Morgan fingerprint density at radius 1 is 1.00 bits per heavy atom. The van der Waals surface area contributed by atoms with Crippen molar-refractivity contribution >= 4 is 33.7 Å². The third-order valence-corrected chi connectivity index (χ3v) is 6.23. The van der Waals surface area contributed by atoms with E-state index in [0.717, 1.165) is 11.1 Å². The molecule has 0 saturated carbocycles. The van der Waals surface area contributed by atoms with E-state index in [2.05, 4.69) is 15.2 Å². The van der Waals surface area contributed by atoms with Gasteiger partial charge in [-0.3, -0.25) is 4.79 Å². The first kappa shape index (κ1) is 22.7. The molecule has 3 rings (SSSR count). The molecule has 0 unspecified atom stereocenters. The molecular formula is C23H22ClN3O3S. The third kappa shape index (κ3) is 6.75. The van der Waals surface area contributed by atoms with Gasteiger partial charge in [0, 0.05) is 11.4 Å². The molecule has 0 radical (unpaired) electrons. The second-order valence-corrected chi connectivity index (χ2v) is 9.10. The summed E-state index contributed by atoms with van der Waals surface area (Å²) < 4.78 is 28.3. The average Bonchev–Trinajstić information content (AvgIpc) is 2.75. The van der Waals surface area contributed by atoms with Crippen LogP contribution in [-0.4, -0.2) is 20.5 Å². The Bertz CT molecular complexity index is 1150. The zero-order chi connectivity index (χ0) is 22.3. The molecule has 0 heterocycles. The zero-order valence-corrected chi connectivity index (χ0v) is 18.4. The van der Waals surface area contributed by atoms with Gasteiger partial charge in [0.15, 0.2) is 0 Å². The summed E-state index contributed by atoms with van der Waals surface area (Å²) in [6, 6.07) is 21.7. The van der Waals surface area contributed by atoms with Crippen molar-refractivity contribution in [3.63, 3.8) is 0 Å². The van der Waals surface area contributed by atoms with E-state index in [1.54, 1.807) is 60.7 Å². The van der Waals surface area contributed by atoms with Crippen molar-refractivity contribution in [1.82, 2.24) is 10.1 Å². The number of nitrogens with one attached hydrogen (secondary N) is 2. The molecule has 3 aromatic rings. The lowest BCUT2D eigenvalue weighted by molar-refractivity contribution is -0.121. The van der Waals surface area contributed by atoms with Gasteiger partial charge >= 0.3 is 0 Å². The van der Waals surface area contributed by atoms with Gasteiger partial charge in [-0.05, 0) is 42.3 Å². The van der Waals surface area contributed by atoms with Gasteiger partial charge in [-0.15, -0.1) is 0 Å². The monoisotopic (exact) mass is 455 g/mol. The molecule has 0 saturated heterocycles. The Labute approximate surface area is 187 Å². The molecule has 2 N–H and O–H groups in total. The molecular weight excluding hydrogens is 434 g/mol. The number of nitrogens with zero attached hydrogens (tertiary/aromatic N) is 1. The summed E-state index contributed by atoms with van der Waals surface area (Å²) in [6.45, 7) is 1.88. The summed E-state index contributed by atoms with van der Waals surface area (Å²) in [6.07, 6.45) is 1.37. The fourth-order valence-corrected chi connectivity index (χ4v) is 4.19. The molecule has 0 aliphatic carbocycles. The highest BCUT2D eigenvalue weighted by Crippen LogP contribution is 2.21. The van der Waals surface area contributed by atoms with Crippen molar-refractivity contribution in [1.29, 1.82) is 0 Å². The van der Waals surface area contributed by atoms with Gasteiger partial charge < -0.3 is 0 Å². The summed E-state index contributed by atoms with van der Waals surface area (Å²) in [5, 5.41) is 4.54. The van der Waals surface area contributed by atoms with Crippen molar-refractivity contribution in [3.8, 4) is 0 Å². The van der Waals surface area contributed by atoms with Gasteiger partial charge in [-0.25, -0.2) is 18.6 Å². The highest BCUT2D eigenvalue weighted by molar-refractivity contribution is 7.89. The minimum absolute atomic E-state index is 0.118. The predicted octanol–water partition coefficient (Wildman–Crippen LogP) is 4.21. The number of hydrogen-bond donors (Lipinski definition) is 2. The normalized spacial score (nSPS) is 12.6. The maximum Gasteiger partial charge on any atom is 0.242 e. The van der Waals surface area contributed by atoms with Crippen molar-refractivity contribution in [2.75, 3.05) is 0 Å². The van der Waals surface area contributed by atoms with Crippen LogP contribution in [0.2, 0.25) is 5.02 Å². The van der Waals surface area contributed by atoms with Crippen LogP contribution in [-0.2, 0) is 14.8 Å². The minimum Gasteiger partial charge on any atom is -0.273 e. The largest absolute Gasteiger partial charge is 0.273 e. The van der Waals surface area contributed by atoms with Gasteiger partial charge in [-0.2, -0.15) is 5.10 Å². The topological polar surface area (TPSA) is 87.6 Å². The van der Waals surface area contributed by atoms with E-state index in [0.29, 0.717) is 10.6 Å². The van der Waals surface area contributed by atoms with Gasteiger partial charge in [0.2, 0.25) is 15.9 Å². The SMILES string of the molecule is Cc1ccc(S(=O)(=O)N[C@H](CC(=O)N/N=C\c2ccc(Cl)cc2)c2ccccc2)cc1. The third-order valence-electron chi connectivity index (χ3n) is 4.49. The number of hydrazone groups is 1. The molecule has 0 aromatic heterocycles. The van der Waals surface area contributed by atoms with Crippen LogP contribution >= 0.6 is 11.6 Å². The zero-order valence-electron chi connectivity index (χ0n) is 16.8. The summed E-state index contributed by atoms with van der Waals surface area (Å²) in [7, 11) is -3.82. The number of hydrogen-bond acceptors (Lipinski definition) is 4. The van der Waals surface area contributed by atoms with Crippen LogP contribution in [0.3, 0.4) is 0 Å². The smallest absolute Gasteiger partial charge is 0.242 e. The number of amides is 1. The lowest BCUT2D eigenvalue weighted by Gasteiger charge is -2.18. The van der Waals surface area contributed by atoms with E-state index in [1.807, 2.05) is 13.0 Å². The van der Waals surface area contributed by atoms with Crippen molar-refractivity contribution < 1.29 is 13.2 Å². The maximum absolute atomic E-state index is 12.9. The fraction of sp³-hybridized carbons (Fsp3) is 0.130. The van der Waals surface area contributed by atoms with Crippen LogP contribution in [0.1, 0.15) is 29.2 Å². The maximum atomic E-state index is 12.9. The van der Waals surface area contributed by atoms with E-state index < -0.39 is 22.0 Å². The number of carbonyl (C=O) groups is 1. The fourth-order valence-electron chi connectivity index (χ4n) is 2.84. The first-order valence-corrected chi connectivity index (χ1v) is 11.4. The molecule has 1 amide bonds. The molecule has 1 atom stereocenters. The predicted molar refractivity (Wildman–Crippen MR) is 122 cm³/mol. The average molecular weight is 456 g/mol. The quantitative estimate of drug-likeness (QED) is 0.394. The van der Waals surface area contributed by atoms with E-state index >= 15 is 0 Å². The van der Waals surface area contributed by atoms with Crippen LogP contribution in [0.15, 0.2) is 88.9 Å². The number of benzene rings is 3. The second-order valence-electron chi connectivity index (χ2n) is 6.95. The first-order chi connectivity index (χ1) is 14.8. The van der Waals surface area contributed by atoms with Crippen LogP contribution in [0.25, 0.3) is 0 Å². The Kier molecular flexibility index (Phi) is 7.57. The molecule has 0 bridgehead atoms. The number of rotatable bonds is 8. The number of sulfonamides is 1. The second kappa shape index (κ2) is 10.3. The van der Waals surface area contributed by atoms with Crippen molar-refractivity contribution in [2.45, 2.75) is 24.3 Å². The summed E-state index contributed by atoms with van der Waals surface area (Å²) in [4.78, 5) is 12.6. The molecule has 160 valence electrons. The number of carbonyl (C=O) groups excluding carboxylic acids is 1. The Hall–Kier alpha value is -3.00. The highest BCUT2D eigenvalue weighted by Gasteiger charge is 2.23. The Morgan fingerprint density at radius 3 is 2.29 bits per heavy atom. The number of aryl methyl sites for hydroxylation is 1. The van der Waals surface area contributed by atoms with E-state index in [4.69, 9.17) is 11.6 Å². The van der Waals surface area contributed by atoms with E-state index in [1.165, 1.54) is 18.3 Å². The summed E-state index contributed by atoms with van der Waals surface area (Å²) >= 11 is 5.85. The molecule has 0 fully saturated rings. The molecule has 6 nitrogen and oxygen atoms in total. The van der Waals surface area contributed by atoms with Crippen LogP contribution in [0.5, 0.6) is 0 Å². The molecule has 8 heteroatoms. The standard InChI is InChI=1S/C23H22ClN3O3S/c1-17-7-13-21(14-8-17)31(29,30)27-22(19-5-3-2-4-6-19)15-23(28)26-25-16-18-9-11-20(24)12-10-18/h2-14,16,22,27H,15H2,1H3,(H,26,28)/b25-16-/t22-/m1/s1. The lowest BCUT2D eigenvalue weighted by atomic mass is 10.0. The Morgan fingerprint density at radius 2 is 1.65 bits per heavy atom. The number of halogens is 1. The van der Waals surface area contributed by atoms with Crippen molar-refractivity contribution in [3.05, 3.63) is 101 Å². The van der Waals surface area contributed by atoms with Crippen LogP contribution < -0.4 is 10.1 Å². The molecule has 31 heavy (non-hydrogen) atoms. The van der Waals surface area contributed by atoms with Crippen LogP contribution in [0, 0.1) is 6.92 Å². The van der Waals surface area contributed by atoms with Gasteiger partial charge in [-0.1, -0.05) is 71.8 Å². The van der Waals surface area contributed by atoms with Crippen molar-refractivity contribution in [2.24, 2.45) is 5.10 Å². The molecule has 0 spiro atoms. The summed E-state index contributed by atoms with van der Waals surface area (Å²) in [5.74, 6) is -0.425. The first-order valence-electron chi connectivity index (χ1n) is 9.55. The summed E-state index contributed by atoms with van der Waals surface area (Å²) in [5.41, 5.74) is 4.84. The van der Waals surface area contributed by atoms with E-state index in [9.17, 15) is 13.2 Å². The highest BCUT2D eigenvalue weighted by atomic mass is 35.5. The minimum atomic E-state index is -3.82. The molecule has 0 aliphatic heterocycles. The van der Waals surface area contributed by atoms with E-state index in [-0.39, 0.29) is 11.3 Å². The van der Waals surface area contributed by atoms with Gasteiger partial charge in [0.25, 0.3) is 0 Å².